The van der Waals surface area contributed by atoms with Crippen LogP contribution in [-0.2, 0) is 16.0 Å². The Morgan fingerprint density at radius 2 is 1.91 bits per heavy atom. The number of benzene rings is 2. The van der Waals surface area contributed by atoms with E-state index in [1.165, 1.54) is 34.0 Å². The van der Waals surface area contributed by atoms with Crippen molar-refractivity contribution in [2.45, 2.75) is 19.4 Å². The first kappa shape index (κ1) is 24.9. The number of methoxy groups -OCH3 is 1. The molecule has 0 saturated carbocycles. The number of nitrogens with zero attached hydrogens (tertiary/aromatic N) is 2. The third-order valence-electron chi connectivity index (χ3n) is 6.18. The number of fused-ring (bicyclic) bond motifs is 1. The monoisotopic (exact) mass is 496 g/mol. The summed E-state index contributed by atoms with van der Waals surface area (Å²) in [6.45, 7) is 3.31. The molecule has 0 unspecified atom stereocenters. The van der Waals surface area contributed by atoms with Gasteiger partial charge in [-0.05, 0) is 66.2 Å². The summed E-state index contributed by atoms with van der Waals surface area (Å²) in [6, 6.07) is 14.9. The molecule has 0 aliphatic carbocycles. The maximum atomic E-state index is 13.6. The van der Waals surface area contributed by atoms with Crippen LogP contribution in [0.15, 0.2) is 60.0 Å². The van der Waals surface area contributed by atoms with E-state index in [4.69, 9.17) is 9.47 Å². The van der Waals surface area contributed by atoms with Crippen molar-refractivity contribution < 1.29 is 23.5 Å². The van der Waals surface area contributed by atoms with E-state index in [0.717, 1.165) is 23.3 Å². The molecule has 6 nitrogen and oxygen atoms in total. The Morgan fingerprint density at radius 1 is 1.14 bits per heavy atom. The number of aryl methyl sites for hydroxylation is 1. The van der Waals surface area contributed by atoms with Crippen molar-refractivity contribution >= 4 is 23.2 Å². The molecule has 1 atom stereocenters. The van der Waals surface area contributed by atoms with Gasteiger partial charge < -0.3 is 19.3 Å². The lowest BCUT2D eigenvalue weighted by Crippen LogP contribution is -2.48. The predicted molar refractivity (Wildman–Crippen MR) is 133 cm³/mol. The fraction of sp³-hybridized carbons (Fsp3) is 0.333. The van der Waals surface area contributed by atoms with Crippen molar-refractivity contribution in [2.75, 3.05) is 40.0 Å². The van der Waals surface area contributed by atoms with E-state index in [1.54, 1.807) is 18.4 Å². The van der Waals surface area contributed by atoms with Gasteiger partial charge in [-0.15, -0.1) is 11.3 Å². The number of carbonyl (C=O) groups is 2. The van der Waals surface area contributed by atoms with Crippen LogP contribution >= 0.6 is 11.3 Å². The summed E-state index contributed by atoms with van der Waals surface area (Å²) in [4.78, 5) is 31.2. The summed E-state index contributed by atoms with van der Waals surface area (Å²) in [7, 11) is 1.55. The standard InChI is InChI=1S/C27H29FN2O4S/c1-19-5-3-4-6-24(19)34-18-23-22-12-16-35-25(22)11-13-30(23)26(31)17-29(14-15-33-2)27(32)20-7-9-21(28)10-8-20/h3-10,12,16,23H,11,13-15,17-18H2,1-2H3/t23-/m0/s1. The number of carbonyl (C=O) groups excluding carboxylic acids is 2. The SMILES string of the molecule is COCCN(CC(=O)N1CCc2sccc2[C@@H]1COc1ccccc1C)C(=O)c1ccc(F)cc1. The predicted octanol–water partition coefficient (Wildman–Crippen LogP) is 4.49. The van der Waals surface area contributed by atoms with Gasteiger partial charge in [0.1, 0.15) is 24.7 Å². The van der Waals surface area contributed by atoms with Crippen LogP contribution in [0.5, 0.6) is 5.75 Å². The van der Waals surface area contributed by atoms with E-state index < -0.39 is 5.82 Å². The smallest absolute Gasteiger partial charge is 0.254 e. The third kappa shape index (κ3) is 5.89. The number of thiophene rings is 1. The fourth-order valence-corrected chi connectivity index (χ4v) is 5.17. The summed E-state index contributed by atoms with van der Waals surface area (Å²) < 4.78 is 24.7. The second kappa shape index (κ2) is 11.5. The molecule has 2 aromatic carbocycles. The maximum Gasteiger partial charge on any atom is 0.254 e. The molecule has 35 heavy (non-hydrogen) atoms. The summed E-state index contributed by atoms with van der Waals surface area (Å²) in [5.74, 6) is -0.129. The highest BCUT2D eigenvalue weighted by molar-refractivity contribution is 7.10. The Kier molecular flexibility index (Phi) is 8.15. The normalized spacial score (nSPS) is 14.9. The summed E-state index contributed by atoms with van der Waals surface area (Å²) >= 11 is 1.69. The molecular weight excluding hydrogens is 467 g/mol. The zero-order chi connectivity index (χ0) is 24.8. The molecule has 3 aromatic rings. The van der Waals surface area contributed by atoms with Gasteiger partial charge in [0.2, 0.25) is 5.91 Å². The molecule has 8 heteroatoms. The molecule has 4 rings (SSSR count). The van der Waals surface area contributed by atoms with Gasteiger partial charge in [-0.1, -0.05) is 18.2 Å². The van der Waals surface area contributed by atoms with Gasteiger partial charge in [-0.25, -0.2) is 4.39 Å². The van der Waals surface area contributed by atoms with Gasteiger partial charge >= 0.3 is 0 Å². The van der Waals surface area contributed by atoms with Gasteiger partial charge in [-0.2, -0.15) is 0 Å². The van der Waals surface area contributed by atoms with Crippen LogP contribution in [-0.4, -0.2) is 61.6 Å². The number of halogens is 1. The highest BCUT2D eigenvalue weighted by atomic mass is 32.1. The quantitative estimate of drug-likeness (QED) is 0.438. The minimum atomic E-state index is -0.419. The van der Waals surface area contributed by atoms with Crippen LogP contribution in [0.3, 0.4) is 0 Å². The first-order chi connectivity index (χ1) is 17.0. The average molecular weight is 497 g/mol. The first-order valence-electron chi connectivity index (χ1n) is 11.6. The maximum absolute atomic E-state index is 13.6. The molecular formula is C27H29FN2O4S. The third-order valence-corrected chi connectivity index (χ3v) is 7.17. The second-order valence-electron chi connectivity index (χ2n) is 8.45. The molecule has 184 valence electrons. The molecule has 1 aliphatic rings. The number of rotatable bonds is 9. The number of amides is 2. The summed E-state index contributed by atoms with van der Waals surface area (Å²) in [5, 5.41) is 2.04. The Bertz CT molecular complexity index is 1160. The topological polar surface area (TPSA) is 59.1 Å². The molecule has 0 radical (unpaired) electrons. The molecule has 1 aliphatic heterocycles. The number of hydrogen-bond acceptors (Lipinski definition) is 5. The van der Waals surface area contributed by atoms with E-state index in [9.17, 15) is 14.0 Å². The minimum absolute atomic E-state index is 0.0973. The lowest BCUT2D eigenvalue weighted by molar-refractivity contribution is -0.135. The Labute approximate surface area is 208 Å². The Hall–Kier alpha value is -3.23. The van der Waals surface area contributed by atoms with E-state index in [-0.39, 0.29) is 37.6 Å². The molecule has 0 spiro atoms. The number of hydrogen-bond donors (Lipinski definition) is 0. The van der Waals surface area contributed by atoms with Crippen molar-refractivity contribution in [1.29, 1.82) is 0 Å². The van der Waals surface area contributed by atoms with E-state index >= 15 is 0 Å². The average Bonchev–Trinajstić information content (AvgIpc) is 3.35. The van der Waals surface area contributed by atoms with Gasteiger partial charge in [0.25, 0.3) is 5.91 Å². The highest BCUT2D eigenvalue weighted by Crippen LogP contribution is 2.34. The van der Waals surface area contributed by atoms with Crippen LogP contribution in [0.4, 0.5) is 4.39 Å². The van der Waals surface area contributed by atoms with Crippen molar-refractivity contribution in [1.82, 2.24) is 9.80 Å². The molecule has 0 saturated heterocycles. The first-order valence-corrected chi connectivity index (χ1v) is 12.4. The van der Waals surface area contributed by atoms with Crippen molar-refractivity contribution in [3.63, 3.8) is 0 Å². The van der Waals surface area contributed by atoms with Crippen molar-refractivity contribution in [3.8, 4) is 5.75 Å². The molecule has 0 fully saturated rings. The Morgan fingerprint density at radius 3 is 2.66 bits per heavy atom. The van der Waals surface area contributed by atoms with Crippen LogP contribution < -0.4 is 4.74 Å². The second-order valence-corrected chi connectivity index (χ2v) is 9.46. The lowest BCUT2D eigenvalue weighted by Gasteiger charge is -2.37. The largest absolute Gasteiger partial charge is 0.491 e. The zero-order valence-corrected chi connectivity index (χ0v) is 20.7. The number of ether oxygens (including phenoxy) is 2. The van der Waals surface area contributed by atoms with Crippen LogP contribution in [0.25, 0.3) is 0 Å². The summed E-state index contributed by atoms with van der Waals surface area (Å²) in [5.41, 5.74) is 2.45. The number of para-hydroxylation sites is 1. The van der Waals surface area contributed by atoms with Crippen LogP contribution in [0.2, 0.25) is 0 Å². The zero-order valence-electron chi connectivity index (χ0n) is 19.9. The van der Waals surface area contributed by atoms with Crippen LogP contribution in [0.1, 0.15) is 32.4 Å². The minimum Gasteiger partial charge on any atom is -0.491 e. The van der Waals surface area contributed by atoms with E-state index in [0.29, 0.717) is 18.7 Å². The van der Waals surface area contributed by atoms with Gasteiger partial charge in [-0.3, -0.25) is 9.59 Å². The van der Waals surface area contributed by atoms with Crippen molar-refractivity contribution in [2.24, 2.45) is 0 Å². The van der Waals surface area contributed by atoms with E-state index in [2.05, 4.69) is 6.07 Å². The molecule has 0 N–H and O–H groups in total. The molecule has 0 bridgehead atoms. The lowest BCUT2D eigenvalue weighted by atomic mass is 10.00. The molecule has 2 heterocycles. The van der Waals surface area contributed by atoms with E-state index in [1.807, 2.05) is 41.5 Å². The molecule has 2 amide bonds. The Balaban J connectivity index is 1.53. The van der Waals surface area contributed by atoms with Gasteiger partial charge in [0.05, 0.1) is 12.6 Å². The summed E-state index contributed by atoms with van der Waals surface area (Å²) in [6.07, 6.45) is 0.767. The molecule has 1 aromatic heterocycles. The van der Waals surface area contributed by atoms with Gasteiger partial charge in [0.15, 0.2) is 0 Å². The van der Waals surface area contributed by atoms with Crippen LogP contribution in [0, 0.1) is 12.7 Å². The van der Waals surface area contributed by atoms with Crippen molar-refractivity contribution in [3.05, 3.63) is 87.4 Å². The van der Waals surface area contributed by atoms with Gasteiger partial charge in [0, 0.05) is 30.6 Å². The fourth-order valence-electron chi connectivity index (χ4n) is 4.24. The highest BCUT2D eigenvalue weighted by Gasteiger charge is 2.33.